The molecule has 1 heterocycles. The topological polar surface area (TPSA) is 54.0 Å². The number of hydrogen-bond donors (Lipinski definition) is 2. The Bertz CT molecular complexity index is 300. The van der Waals surface area contributed by atoms with Crippen LogP contribution in [0.4, 0.5) is 4.79 Å². The van der Waals surface area contributed by atoms with E-state index in [1.165, 1.54) is 0 Å². The van der Waals surface area contributed by atoms with Crippen LogP contribution in [0.15, 0.2) is 11.6 Å². The number of nitrogens with zero attached hydrogens (tertiary/aromatic N) is 1. The van der Waals surface area contributed by atoms with Gasteiger partial charge in [-0.1, -0.05) is 20.3 Å². The summed E-state index contributed by atoms with van der Waals surface area (Å²) < 4.78 is 0. The molecule has 1 aromatic heterocycles. The fourth-order valence-corrected chi connectivity index (χ4v) is 1.95. The van der Waals surface area contributed by atoms with Gasteiger partial charge in [-0.2, -0.15) is 0 Å². The van der Waals surface area contributed by atoms with Crippen LogP contribution in [0.25, 0.3) is 0 Å². The lowest BCUT2D eigenvalue weighted by Gasteiger charge is -2.10. The maximum Gasteiger partial charge on any atom is 0.314 e. The summed E-state index contributed by atoms with van der Waals surface area (Å²) in [4.78, 5) is 15.6. The molecule has 1 atom stereocenters. The number of amides is 2. The van der Waals surface area contributed by atoms with Crippen LogP contribution in [-0.2, 0) is 0 Å². The lowest BCUT2D eigenvalue weighted by Crippen LogP contribution is -2.37. The normalized spacial score (nSPS) is 12.1. The molecule has 1 unspecified atom stereocenters. The molecule has 1 rings (SSSR count). The highest BCUT2D eigenvalue weighted by Gasteiger charge is 2.09. The van der Waals surface area contributed by atoms with Crippen molar-refractivity contribution in [2.75, 3.05) is 13.1 Å². The molecule has 5 heteroatoms. The summed E-state index contributed by atoms with van der Waals surface area (Å²) in [7, 11) is 0. The molecule has 4 nitrogen and oxygen atoms in total. The molecule has 0 fully saturated rings. The van der Waals surface area contributed by atoms with Crippen LogP contribution in [-0.4, -0.2) is 24.1 Å². The molecular formula is C11H19N3OS. The van der Waals surface area contributed by atoms with Gasteiger partial charge in [0.1, 0.15) is 0 Å². The Morgan fingerprint density at radius 3 is 3.00 bits per heavy atom. The molecule has 0 saturated heterocycles. The molecule has 2 N–H and O–H groups in total. The van der Waals surface area contributed by atoms with Gasteiger partial charge in [0.15, 0.2) is 0 Å². The minimum atomic E-state index is -0.0862. The largest absolute Gasteiger partial charge is 0.338 e. The Hall–Kier alpha value is -1.10. The van der Waals surface area contributed by atoms with E-state index in [0.717, 1.165) is 24.4 Å². The molecule has 0 aliphatic rings. The number of carbonyl (C=O) groups excluding carboxylic acids is 1. The van der Waals surface area contributed by atoms with Gasteiger partial charge < -0.3 is 10.6 Å². The highest BCUT2D eigenvalue weighted by Crippen LogP contribution is 2.16. The SMILES string of the molecule is CCCCNC(=O)NCC(C)c1nccs1. The Morgan fingerprint density at radius 2 is 2.38 bits per heavy atom. The number of hydrogen-bond acceptors (Lipinski definition) is 3. The molecule has 0 aliphatic carbocycles. The number of urea groups is 1. The van der Waals surface area contributed by atoms with Crippen LogP contribution in [0.5, 0.6) is 0 Å². The first-order valence-corrected chi connectivity index (χ1v) is 6.53. The minimum absolute atomic E-state index is 0.0862. The Morgan fingerprint density at radius 1 is 1.56 bits per heavy atom. The number of nitrogens with one attached hydrogen (secondary N) is 2. The molecule has 90 valence electrons. The molecule has 0 radical (unpaired) electrons. The number of carbonyl (C=O) groups is 1. The fraction of sp³-hybridized carbons (Fsp3) is 0.636. The predicted octanol–water partition coefficient (Wildman–Crippen LogP) is 2.35. The third kappa shape index (κ3) is 4.61. The maximum atomic E-state index is 11.4. The molecule has 1 aromatic rings. The van der Waals surface area contributed by atoms with Gasteiger partial charge in [-0.15, -0.1) is 11.3 Å². The van der Waals surface area contributed by atoms with E-state index in [-0.39, 0.29) is 11.9 Å². The number of unbranched alkanes of at least 4 members (excludes halogenated alkanes) is 1. The minimum Gasteiger partial charge on any atom is -0.338 e. The summed E-state index contributed by atoms with van der Waals surface area (Å²) in [6.07, 6.45) is 3.91. The van der Waals surface area contributed by atoms with E-state index >= 15 is 0 Å². The van der Waals surface area contributed by atoms with Crippen molar-refractivity contribution >= 4 is 17.4 Å². The first-order chi connectivity index (χ1) is 7.74. The smallest absolute Gasteiger partial charge is 0.314 e. The third-order valence-corrected chi connectivity index (χ3v) is 3.26. The van der Waals surface area contributed by atoms with Crippen molar-refractivity contribution in [2.24, 2.45) is 0 Å². The first kappa shape index (κ1) is 13.0. The lowest BCUT2D eigenvalue weighted by atomic mass is 10.2. The van der Waals surface area contributed by atoms with E-state index in [4.69, 9.17) is 0 Å². The average Bonchev–Trinajstić information content (AvgIpc) is 2.79. The van der Waals surface area contributed by atoms with E-state index < -0.39 is 0 Å². The zero-order valence-electron chi connectivity index (χ0n) is 9.82. The summed E-state index contributed by atoms with van der Waals surface area (Å²) in [6.45, 7) is 5.54. The van der Waals surface area contributed by atoms with E-state index in [9.17, 15) is 4.79 Å². The molecule has 16 heavy (non-hydrogen) atoms. The number of thiazole rings is 1. The summed E-state index contributed by atoms with van der Waals surface area (Å²) in [5, 5.41) is 8.68. The van der Waals surface area contributed by atoms with Gasteiger partial charge >= 0.3 is 6.03 Å². The van der Waals surface area contributed by atoms with Gasteiger partial charge in [0.05, 0.1) is 5.01 Å². The average molecular weight is 241 g/mol. The Balaban J connectivity index is 2.16. The van der Waals surface area contributed by atoms with Crippen LogP contribution in [0.2, 0.25) is 0 Å². The van der Waals surface area contributed by atoms with Crippen LogP contribution in [0, 0.1) is 0 Å². The van der Waals surface area contributed by atoms with Crippen LogP contribution in [0.1, 0.15) is 37.6 Å². The first-order valence-electron chi connectivity index (χ1n) is 5.65. The Kier molecular flexibility index (Phi) is 5.85. The summed E-state index contributed by atoms with van der Waals surface area (Å²) in [6, 6.07) is -0.0862. The van der Waals surface area contributed by atoms with E-state index in [0.29, 0.717) is 6.54 Å². The van der Waals surface area contributed by atoms with Crippen LogP contribution in [0.3, 0.4) is 0 Å². The zero-order valence-corrected chi connectivity index (χ0v) is 10.6. The molecule has 0 aliphatic heterocycles. The monoisotopic (exact) mass is 241 g/mol. The number of aromatic nitrogens is 1. The van der Waals surface area contributed by atoms with Crippen molar-refractivity contribution in [1.82, 2.24) is 15.6 Å². The van der Waals surface area contributed by atoms with Crippen molar-refractivity contribution in [3.8, 4) is 0 Å². The lowest BCUT2D eigenvalue weighted by molar-refractivity contribution is 0.240. The second kappa shape index (κ2) is 7.22. The molecule has 0 spiro atoms. The van der Waals surface area contributed by atoms with E-state index in [1.807, 2.05) is 5.38 Å². The highest BCUT2D eigenvalue weighted by molar-refractivity contribution is 7.09. The molecule has 0 bridgehead atoms. The molecule has 2 amide bonds. The maximum absolute atomic E-state index is 11.4. The standard InChI is InChI=1S/C11H19N3OS/c1-3-4-5-13-11(15)14-8-9(2)10-12-6-7-16-10/h6-7,9H,3-5,8H2,1-2H3,(H2,13,14,15). The molecule has 0 saturated carbocycles. The summed E-state index contributed by atoms with van der Waals surface area (Å²) in [5.41, 5.74) is 0. The Labute approximate surface area is 100 Å². The van der Waals surface area contributed by atoms with Gasteiger partial charge in [-0.25, -0.2) is 9.78 Å². The van der Waals surface area contributed by atoms with Crippen LogP contribution < -0.4 is 10.6 Å². The third-order valence-electron chi connectivity index (χ3n) is 2.26. The zero-order chi connectivity index (χ0) is 11.8. The second-order valence-electron chi connectivity index (χ2n) is 3.76. The van der Waals surface area contributed by atoms with Crippen LogP contribution >= 0.6 is 11.3 Å². The summed E-state index contributed by atoms with van der Waals surface area (Å²) >= 11 is 1.62. The fourth-order valence-electron chi connectivity index (χ4n) is 1.25. The van der Waals surface area contributed by atoms with Crippen molar-refractivity contribution < 1.29 is 4.79 Å². The van der Waals surface area contributed by atoms with Gasteiger partial charge in [-0.3, -0.25) is 0 Å². The van der Waals surface area contributed by atoms with Crippen molar-refractivity contribution in [1.29, 1.82) is 0 Å². The quantitative estimate of drug-likeness (QED) is 0.751. The van der Waals surface area contributed by atoms with Gasteiger partial charge in [0.25, 0.3) is 0 Å². The predicted molar refractivity (Wildman–Crippen MR) is 66.8 cm³/mol. The summed E-state index contributed by atoms with van der Waals surface area (Å²) in [5.74, 6) is 0.275. The number of rotatable bonds is 6. The second-order valence-corrected chi connectivity index (χ2v) is 4.69. The highest BCUT2D eigenvalue weighted by atomic mass is 32.1. The van der Waals surface area contributed by atoms with Gasteiger partial charge in [0, 0.05) is 30.6 Å². The van der Waals surface area contributed by atoms with Gasteiger partial charge in [0.2, 0.25) is 0 Å². The van der Waals surface area contributed by atoms with Crippen molar-refractivity contribution in [2.45, 2.75) is 32.6 Å². The molecule has 0 aromatic carbocycles. The van der Waals surface area contributed by atoms with Crippen molar-refractivity contribution in [3.63, 3.8) is 0 Å². The van der Waals surface area contributed by atoms with Crippen molar-refractivity contribution in [3.05, 3.63) is 16.6 Å². The van der Waals surface area contributed by atoms with E-state index in [1.54, 1.807) is 17.5 Å². The van der Waals surface area contributed by atoms with Gasteiger partial charge in [-0.05, 0) is 6.42 Å². The molecular weight excluding hydrogens is 222 g/mol. The van der Waals surface area contributed by atoms with E-state index in [2.05, 4.69) is 29.5 Å².